The largest absolute Gasteiger partial charge is 0.493 e. The Kier molecular flexibility index (Phi) is 5.17. The number of carbonyl (C=O) groups excluding carboxylic acids is 1. The lowest BCUT2D eigenvalue weighted by Gasteiger charge is -2.09. The van der Waals surface area contributed by atoms with E-state index in [2.05, 4.69) is 10.5 Å². The van der Waals surface area contributed by atoms with Crippen molar-refractivity contribution in [3.05, 3.63) is 71.8 Å². The second kappa shape index (κ2) is 7.70. The van der Waals surface area contributed by atoms with E-state index >= 15 is 0 Å². The average Bonchev–Trinajstić information content (AvgIpc) is 2.70. The molecule has 0 heterocycles. The minimum Gasteiger partial charge on any atom is -0.493 e. The molecule has 5 heteroatoms. The number of carbonyl (C=O) groups is 1. The Labute approximate surface area is 152 Å². The van der Waals surface area contributed by atoms with Crippen molar-refractivity contribution in [3.8, 4) is 11.5 Å². The number of hydrazone groups is 1. The van der Waals surface area contributed by atoms with Gasteiger partial charge in [-0.2, -0.15) is 5.10 Å². The number of hydrogen-bond donors (Lipinski definition) is 1. The lowest BCUT2D eigenvalue weighted by Crippen LogP contribution is -2.19. The highest BCUT2D eigenvalue weighted by Gasteiger charge is 2.11. The summed E-state index contributed by atoms with van der Waals surface area (Å²) >= 11 is 0. The molecule has 132 valence electrons. The predicted octanol–water partition coefficient (Wildman–Crippen LogP) is 4.01. The number of nitrogens with one attached hydrogen (secondary N) is 1. The average molecular weight is 348 g/mol. The number of amides is 1. The summed E-state index contributed by atoms with van der Waals surface area (Å²) in [5.74, 6) is 0.750. The Morgan fingerprint density at radius 3 is 2.42 bits per heavy atom. The van der Waals surface area contributed by atoms with E-state index in [1.54, 1.807) is 25.3 Å². The molecule has 3 rings (SSSR count). The maximum Gasteiger partial charge on any atom is 0.271 e. The molecule has 0 aromatic heterocycles. The van der Waals surface area contributed by atoms with Crippen LogP contribution in [0.3, 0.4) is 0 Å². The topological polar surface area (TPSA) is 59.9 Å². The summed E-state index contributed by atoms with van der Waals surface area (Å²) in [5.41, 5.74) is 4.76. The van der Waals surface area contributed by atoms with E-state index in [4.69, 9.17) is 9.47 Å². The smallest absolute Gasteiger partial charge is 0.271 e. The Balaban J connectivity index is 1.83. The van der Waals surface area contributed by atoms with Gasteiger partial charge >= 0.3 is 0 Å². The number of fused-ring (bicyclic) bond motifs is 1. The van der Waals surface area contributed by atoms with Crippen LogP contribution in [-0.4, -0.2) is 25.8 Å². The van der Waals surface area contributed by atoms with Gasteiger partial charge in [-0.3, -0.25) is 4.79 Å². The maximum atomic E-state index is 12.4. The van der Waals surface area contributed by atoms with E-state index in [9.17, 15) is 4.79 Å². The molecular formula is C21H20N2O3. The van der Waals surface area contributed by atoms with E-state index in [0.29, 0.717) is 17.1 Å². The second-order valence-corrected chi connectivity index (χ2v) is 5.73. The molecule has 0 radical (unpaired) electrons. The molecule has 0 spiro atoms. The van der Waals surface area contributed by atoms with Crippen molar-refractivity contribution in [2.24, 2.45) is 5.10 Å². The number of ether oxygens (including phenoxy) is 2. The highest BCUT2D eigenvalue weighted by molar-refractivity contribution is 6.10. The molecule has 0 aliphatic carbocycles. The monoisotopic (exact) mass is 348 g/mol. The number of benzene rings is 3. The molecule has 0 atom stereocenters. The van der Waals surface area contributed by atoms with Crippen molar-refractivity contribution in [3.63, 3.8) is 0 Å². The van der Waals surface area contributed by atoms with Gasteiger partial charge in [0, 0.05) is 11.1 Å². The summed E-state index contributed by atoms with van der Waals surface area (Å²) in [5, 5.41) is 6.49. The molecule has 0 bridgehead atoms. The van der Waals surface area contributed by atoms with Gasteiger partial charge < -0.3 is 9.47 Å². The van der Waals surface area contributed by atoms with Crippen molar-refractivity contribution in [1.82, 2.24) is 5.43 Å². The molecule has 3 aromatic carbocycles. The van der Waals surface area contributed by atoms with Crippen molar-refractivity contribution in [2.75, 3.05) is 14.2 Å². The Hall–Kier alpha value is -3.34. The Bertz CT molecular complexity index is 975. The molecular weight excluding hydrogens is 328 g/mol. The first kappa shape index (κ1) is 17.5. The summed E-state index contributed by atoms with van der Waals surface area (Å²) in [4.78, 5) is 12.4. The minimum absolute atomic E-state index is 0.314. The summed E-state index contributed by atoms with van der Waals surface area (Å²) in [6.07, 6.45) is 0. The molecule has 0 saturated carbocycles. The number of methoxy groups -OCH3 is 2. The molecule has 0 fully saturated rings. The fourth-order valence-corrected chi connectivity index (χ4v) is 2.78. The van der Waals surface area contributed by atoms with E-state index in [-0.39, 0.29) is 5.91 Å². The van der Waals surface area contributed by atoms with E-state index in [0.717, 1.165) is 22.0 Å². The highest BCUT2D eigenvalue weighted by Crippen LogP contribution is 2.27. The van der Waals surface area contributed by atoms with Crippen LogP contribution in [0.1, 0.15) is 22.8 Å². The SMILES string of the molecule is COc1ccc(C(=O)NN=C(C)c2cccc3ccccc23)cc1OC. The van der Waals surface area contributed by atoms with Crippen molar-refractivity contribution in [2.45, 2.75) is 6.92 Å². The van der Waals surface area contributed by atoms with Crippen molar-refractivity contribution in [1.29, 1.82) is 0 Å². The Morgan fingerprint density at radius 2 is 1.65 bits per heavy atom. The van der Waals surface area contributed by atoms with Crippen LogP contribution in [0.2, 0.25) is 0 Å². The van der Waals surface area contributed by atoms with Gasteiger partial charge in [-0.15, -0.1) is 0 Å². The second-order valence-electron chi connectivity index (χ2n) is 5.73. The first-order chi connectivity index (χ1) is 12.6. The zero-order chi connectivity index (χ0) is 18.5. The van der Waals surface area contributed by atoms with Gasteiger partial charge in [0.2, 0.25) is 0 Å². The molecule has 1 N–H and O–H groups in total. The molecule has 26 heavy (non-hydrogen) atoms. The summed E-state index contributed by atoms with van der Waals surface area (Å²) in [7, 11) is 3.08. The minimum atomic E-state index is -0.314. The highest BCUT2D eigenvalue weighted by atomic mass is 16.5. The van der Waals surface area contributed by atoms with Crippen molar-refractivity contribution < 1.29 is 14.3 Å². The van der Waals surface area contributed by atoms with E-state index in [1.807, 2.05) is 49.4 Å². The fraction of sp³-hybridized carbons (Fsp3) is 0.143. The van der Waals surface area contributed by atoms with Crippen molar-refractivity contribution >= 4 is 22.4 Å². The molecule has 1 amide bonds. The molecule has 5 nitrogen and oxygen atoms in total. The quantitative estimate of drug-likeness (QED) is 0.560. The first-order valence-corrected chi connectivity index (χ1v) is 8.19. The van der Waals surface area contributed by atoms with E-state index < -0.39 is 0 Å². The number of hydrogen-bond acceptors (Lipinski definition) is 4. The van der Waals surface area contributed by atoms with Crippen LogP contribution in [0.5, 0.6) is 11.5 Å². The molecule has 0 aliphatic heterocycles. The van der Waals surface area contributed by atoms with Gasteiger partial charge in [0.25, 0.3) is 5.91 Å². The zero-order valence-corrected chi connectivity index (χ0v) is 14.9. The molecule has 0 aliphatic rings. The van der Waals surface area contributed by atoms with Crippen LogP contribution in [0.15, 0.2) is 65.8 Å². The standard InChI is InChI=1S/C21H20N2O3/c1-14(17-10-6-8-15-7-4-5-9-18(15)17)22-23-21(24)16-11-12-19(25-2)20(13-16)26-3/h4-13H,1-3H3,(H,23,24). The van der Waals surface area contributed by atoms with Crippen LogP contribution in [0.4, 0.5) is 0 Å². The first-order valence-electron chi connectivity index (χ1n) is 8.19. The van der Waals surface area contributed by atoms with Crippen LogP contribution in [0.25, 0.3) is 10.8 Å². The van der Waals surface area contributed by atoms with Gasteiger partial charge in [-0.05, 0) is 35.9 Å². The van der Waals surface area contributed by atoms with Gasteiger partial charge in [0.1, 0.15) is 0 Å². The third kappa shape index (κ3) is 3.52. The third-order valence-electron chi connectivity index (χ3n) is 4.15. The molecule has 3 aromatic rings. The summed E-state index contributed by atoms with van der Waals surface area (Å²) < 4.78 is 10.4. The van der Waals surface area contributed by atoms with Gasteiger partial charge in [0.15, 0.2) is 11.5 Å². The van der Waals surface area contributed by atoms with Crippen LogP contribution in [-0.2, 0) is 0 Å². The lowest BCUT2D eigenvalue weighted by atomic mass is 10.0. The van der Waals surface area contributed by atoms with Gasteiger partial charge in [0.05, 0.1) is 19.9 Å². The van der Waals surface area contributed by atoms with Crippen LogP contribution < -0.4 is 14.9 Å². The zero-order valence-electron chi connectivity index (χ0n) is 14.9. The van der Waals surface area contributed by atoms with Crippen LogP contribution in [0, 0.1) is 0 Å². The molecule has 0 saturated heterocycles. The maximum absolute atomic E-state index is 12.4. The van der Waals surface area contributed by atoms with Gasteiger partial charge in [-0.25, -0.2) is 5.43 Å². The normalized spacial score (nSPS) is 11.3. The summed E-state index contributed by atoms with van der Waals surface area (Å²) in [6.45, 7) is 1.87. The fourth-order valence-electron chi connectivity index (χ4n) is 2.78. The predicted molar refractivity (Wildman–Crippen MR) is 103 cm³/mol. The Morgan fingerprint density at radius 1 is 0.923 bits per heavy atom. The van der Waals surface area contributed by atoms with Crippen LogP contribution >= 0.6 is 0 Å². The number of nitrogens with zero attached hydrogens (tertiary/aromatic N) is 1. The van der Waals surface area contributed by atoms with Gasteiger partial charge in [-0.1, -0.05) is 42.5 Å². The lowest BCUT2D eigenvalue weighted by molar-refractivity contribution is 0.0954. The number of rotatable bonds is 5. The summed E-state index contributed by atoms with van der Waals surface area (Å²) in [6, 6.07) is 19.1. The third-order valence-corrected chi connectivity index (χ3v) is 4.15. The molecule has 0 unspecified atom stereocenters. The van der Waals surface area contributed by atoms with E-state index in [1.165, 1.54) is 7.11 Å².